The van der Waals surface area contributed by atoms with Gasteiger partial charge in [-0.3, -0.25) is 0 Å². The second-order valence-electron chi connectivity index (χ2n) is 2.93. The highest BCUT2D eigenvalue weighted by atomic mass is 19.4. The van der Waals surface area contributed by atoms with Crippen molar-refractivity contribution in [2.24, 2.45) is 5.73 Å². The topological polar surface area (TPSA) is 74.2 Å². The number of hydrogen-bond acceptors (Lipinski definition) is 5. The Bertz CT molecular complexity index is 313. The van der Waals surface area contributed by atoms with E-state index in [-0.39, 0.29) is 18.9 Å². The lowest BCUT2D eigenvalue weighted by Crippen LogP contribution is -2.28. The molecule has 0 bridgehead atoms. The molecular weight excluding hydrogens is 215 g/mol. The van der Waals surface area contributed by atoms with Crippen LogP contribution >= 0.6 is 0 Å². The molecule has 2 N–H and O–H groups in total. The lowest BCUT2D eigenvalue weighted by molar-refractivity contribution is -0.146. The van der Waals surface area contributed by atoms with Gasteiger partial charge in [-0.05, 0) is 0 Å². The number of nitrogens with zero attached hydrogens (tertiary/aromatic N) is 2. The summed E-state index contributed by atoms with van der Waals surface area (Å²) in [6.07, 6.45) is -4.54. The highest BCUT2D eigenvalue weighted by Crippen LogP contribution is 2.26. The van der Waals surface area contributed by atoms with Crippen LogP contribution in [0.3, 0.4) is 0 Å². The van der Waals surface area contributed by atoms with Crippen LogP contribution in [0.15, 0.2) is 4.52 Å². The molecule has 1 aromatic rings. The predicted molar refractivity (Wildman–Crippen MR) is 42.9 cm³/mol. The molecule has 8 heteroatoms. The molecule has 1 heterocycles. The molecule has 1 unspecified atom stereocenters. The van der Waals surface area contributed by atoms with Gasteiger partial charge in [-0.15, -0.1) is 0 Å². The Hall–Kier alpha value is -1.15. The quantitative estimate of drug-likeness (QED) is 0.812. The van der Waals surface area contributed by atoms with E-state index < -0.39 is 18.0 Å². The fourth-order valence-corrected chi connectivity index (χ4v) is 0.950. The molecule has 0 aliphatic heterocycles. The van der Waals surface area contributed by atoms with E-state index in [0.29, 0.717) is 0 Å². The number of alkyl halides is 3. The van der Waals surface area contributed by atoms with E-state index in [4.69, 9.17) is 10.5 Å². The SMILES string of the molecule is COCC(N)Cc1nc(C(F)(F)F)no1. The summed E-state index contributed by atoms with van der Waals surface area (Å²) in [6.45, 7) is 0.212. The second kappa shape index (κ2) is 4.58. The minimum atomic E-state index is -4.59. The molecule has 0 saturated carbocycles. The van der Waals surface area contributed by atoms with Crippen molar-refractivity contribution in [1.29, 1.82) is 0 Å². The normalized spacial score (nSPS) is 14.2. The van der Waals surface area contributed by atoms with Crippen LogP contribution in [0.4, 0.5) is 13.2 Å². The van der Waals surface area contributed by atoms with Gasteiger partial charge in [0, 0.05) is 19.6 Å². The highest BCUT2D eigenvalue weighted by Gasteiger charge is 2.37. The summed E-state index contributed by atoms with van der Waals surface area (Å²) in [5.74, 6) is -1.44. The lowest BCUT2D eigenvalue weighted by Gasteiger charge is -2.05. The fourth-order valence-electron chi connectivity index (χ4n) is 0.950. The number of aromatic nitrogens is 2. The Morgan fingerprint density at radius 1 is 1.53 bits per heavy atom. The van der Waals surface area contributed by atoms with Gasteiger partial charge in [0.1, 0.15) is 0 Å². The molecule has 1 rings (SSSR count). The zero-order valence-electron chi connectivity index (χ0n) is 7.91. The fraction of sp³-hybridized carbons (Fsp3) is 0.714. The van der Waals surface area contributed by atoms with Gasteiger partial charge in [0.2, 0.25) is 5.89 Å². The van der Waals surface area contributed by atoms with Crippen molar-refractivity contribution >= 4 is 0 Å². The van der Waals surface area contributed by atoms with E-state index in [9.17, 15) is 13.2 Å². The van der Waals surface area contributed by atoms with Crippen LogP contribution < -0.4 is 5.73 Å². The van der Waals surface area contributed by atoms with E-state index >= 15 is 0 Å². The van der Waals surface area contributed by atoms with Gasteiger partial charge in [0.05, 0.1) is 6.61 Å². The standard InChI is InChI=1S/C7H10F3N3O2/c1-14-3-4(11)2-5-12-6(13-15-5)7(8,9)10/h4H,2-3,11H2,1H3. The van der Waals surface area contributed by atoms with Gasteiger partial charge in [-0.25, -0.2) is 0 Å². The van der Waals surface area contributed by atoms with Crippen LogP contribution in [-0.4, -0.2) is 29.9 Å². The van der Waals surface area contributed by atoms with E-state index in [2.05, 4.69) is 14.7 Å². The van der Waals surface area contributed by atoms with Crippen LogP contribution in [-0.2, 0) is 17.3 Å². The molecule has 0 spiro atoms. The summed E-state index contributed by atoms with van der Waals surface area (Å²) in [5.41, 5.74) is 5.50. The largest absolute Gasteiger partial charge is 0.455 e. The van der Waals surface area contributed by atoms with Crippen LogP contribution in [0, 0.1) is 0 Å². The number of nitrogens with two attached hydrogens (primary N) is 1. The van der Waals surface area contributed by atoms with E-state index in [1.54, 1.807) is 0 Å². The maximum atomic E-state index is 12.0. The Kier molecular flexibility index (Phi) is 3.64. The molecule has 0 fully saturated rings. The first kappa shape index (κ1) is 11.9. The summed E-state index contributed by atoms with van der Waals surface area (Å²) in [7, 11) is 1.44. The molecule has 0 aromatic carbocycles. The summed E-state index contributed by atoms with van der Waals surface area (Å²) in [4.78, 5) is 3.17. The van der Waals surface area contributed by atoms with Gasteiger partial charge >= 0.3 is 6.18 Å². The first-order chi connectivity index (χ1) is 6.93. The molecule has 0 amide bonds. The molecule has 0 saturated heterocycles. The average molecular weight is 225 g/mol. The van der Waals surface area contributed by atoms with Gasteiger partial charge in [0.15, 0.2) is 0 Å². The maximum Gasteiger partial charge on any atom is 0.455 e. The van der Waals surface area contributed by atoms with Crippen LogP contribution in [0.1, 0.15) is 11.7 Å². The Balaban J connectivity index is 2.61. The van der Waals surface area contributed by atoms with Gasteiger partial charge < -0.3 is 15.0 Å². The first-order valence-electron chi connectivity index (χ1n) is 4.07. The average Bonchev–Trinajstić information content (AvgIpc) is 2.52. The molecule has 0 radical (unpaired) electrons. The second-order valence-corrected chi connectivity index (χ2v) is 2.93. The van der Waals surface area contributed by atoms with Crippen molar-refractivity contribution in [2.45, 2.75) is 18.6 Å². The molecule has 86 valence electrons. The molecular formula is C7H10F3N3O2. The Morgan fingerprint density at radius 3 is 2.67 bits per heavy atom. The molecule has 1 aromatic heterocycles. The van der Waals surface area contributed by atoms with E-state index in [1.165, 1.54) is 7.11 Å². The molecule has 5 nitrogen and oxygen atoms in total. The van der Waals surface area contributed by atoms with Crippen molar-refractivity contribution in [3.8, 4) is 0 Å². The van der Waals surface area contributed by atoms with Crippen LogP contribution in [0.5, 0.6) is 0 Å². The number of rotatable bonds is 4. The van der Waals surface area contributed by atoms with Crippen molar-refractivity contribution in [3.05, 3.63) is 11.7 Å². The minimum absolute atomic E-state index is 0.0525. The van der Waals surface area contributed by atoms with Crippen molar-refractivity contribution in [1.82, 2.24) is 10.1 Å². The molecule has 15 heavy (non-hydrogen) atoms. The Morgan fingerprint density at radius 2 is 2.20 bits per heavy atom. The van der Waals surface area contributed by atoms with E-state index in [0.717, 1.165) is 0 Å². The summed E-state index contributed by atoms with van der Waals surface area (Å²) in [6, 6.07) is -0.462. The number of ether oxygens (including phenoxy) is 1. The van der Waals surface area contributed by atoms with Crippen LogP contribution in [0.2, 0.25) is 0 Å². The zero-order valence-corrected chi connectivity index (χ0v) is 7.91. The number of hydrogen-bond donors (Lipinski definition) is 1. The smallest absolute Gasteiger partial charge is 0.383 e. The third-order valence-electron chi connectivity index (χ3n) is 1.54. The van der Waals surface area contributed by atoms with Crippen molar-refractivity contribution in [3.63, 3.8) is 0 Å². The Labute approximate surface area is 83.4 Å². The summed E-state index contributed by atoms with van der Waals surface area (Å²) in [5, 5.41) is 2.79. The maximum absolute atomic E-state index is 12.0. The van der Waals surface area contributed by atoms with Gasteiger partial charge in [-0.2, -0.15) is 18.2 Å². The minimum Gasteiger partial charge on any atom is -0.383 e. The third kappa shape index (κ3) is 3.48. The summed E-state index contributed by atoms with van der Waals surface area (Å²) >= 11 is 0. The lowest BCUT2D eigenvalue weighted by atomic mass is 10.2. The van der Waals surface area contributed by atoms with Crippen molar-refractivity contribution in [2.75, 3.05) is 13.7 Å². The monoisotopic (exact) mass is 225 g/mol. The molecule has 0 aliphatic carbocycles. The number of halogens is 3. The number of methoxy groups -OCH3 is 1. The molecule has 0 aliphatic rings. The summed E-state index contributed by atoms with van der Waals surface area (Å²) < 4.78 is 45.2. The first-order valence-corrected chi connectivity index (χ1v) is 4.07. The van der Waals surface area contributed by atoms with Crippen LogP contribution in [0.25, 0.3) is 0 Å². The van der Waals surface area contributed by atoms with Gasteiger partial charge in [-0.1, -0.05) is 5.16 Å². The zero-order chi connectivity index (χ0) is 11.5. The van der Waals surface area contributed by atoms with Crippen molar-refractivity contribution < 1.29 is 22.4 Å². The third-order valence-corrected chi connectivity index (χ3v) is 1.54. The predicted octanol–water partition coefficient (Wildman–Crippen LogP) is 0.605. The van der Waals surface area contributed by atoms with E-state index in [1.807, 2.05) is 0 Å². The van der Waals surface area contributed by atoms with Gasteiger partial charge in [0.25, 0.3) is 5.82 Å². The highest BCUT2D eigenvalue weighted by molar-refractivity contribution is 4.92. The molecule has 1 atom stereocenters.